The van der Waals surface area contributed by atoms with Crippen molar-refractivity contribution >= 4 is 0 Å². The maximum absolute atomic E-state index is 6.24. The van der Waals surface area contributed by atoms with E-state index in [9.17, 15) is 0 Å². The summed E-state index contributed by atoms with van der Waals surface area (Å²) in [7, 11) is 0. The van der Waals surface area contributed by atoms with Crippen molar-refractivity contribution in [3.05, 3.63) is 66.2 Å². The number of para-hydroxylation sites is 1. The quantitative estimate of drug-likeness (QED) is 0.861. The fourth-order valence-corrected chi connectivity index (χ4v) is 3.26. The summed E-state index contributed by atoms with van der Waals surface area (Å²) in [6.07, 6.45) is 5.13. The first-order chi connectivity index (χ1) is 10.8. The summed E-state index contributed by atoms with van der Waals surface area (Å²) in [4.78, 5) is 0. The van der Waals surface area contributed by atoms with E-state index in [0.29, 0.717) is 12.1 Å². The van der Waals surface area contributed by atoms with Crippen molar-refractivity contribution in [1.29, 1.82) is 0 Å². The molecule has 0 unspecified atom stereocenters. The lowest BCUT2D eigenvalue weighted by molar-refractivity contribution is 0.108. The Bertz CT molecular complexity index is 554. The van der Waals surface area contributed by atoms with Gasteiger partial charge in [-0.15, -0.1) is 0 Å². The number of nitrogens with one attached hydrogen (secondary N) is 1. The molecule has 0 radical (unpaired) electrons. The number of ether oxygens (including phenoxy) is 1. The van der Waals surface area contributed by atoms with Gasteiger partial charge in [0.2, 0.25) is 0 Å². The van der Waals surface area contributed by atoms with E-state index in [-0.39, 0.29) is 6.10 Å². The third kappa shape index (κ3) is 3.89. The van der Waals surface area contributed by atoms with Crippen molar-refractivity contribution in [2.75, 3.05) is 0 Å². The van der Waals surface area contributed by atoms with Crippen LogP contribution in [0.3, 0.4) is 0 Å². The van der Waals surface area contributed by atoms with E-state index >= 15 is 0 Å². The van der Waals surface area contributed by atoms with Crippen LogP contribution in [-0.2, 0) is 0 Å². The molecule has 3 rings (SSSR count). The van der Waals surface area contributed by atoms with E-state index in [2.05, 4.69) is 42.6 Å². The lowest BCUT2D eigenvalue weighted by atomic mass is 9.91. The maximum atomic E-state index is 6.24. The van der Waals surface area contributed by atoms with Crippen molar-refractivity contribution in [2.24, 2.45) is 0 Å². The van der Waals surface area contributed by atoms with E-state index in [1.165, 1.54) is 24.8 Å². The van der Waals surface area contributed by atoms with Gasteiger partial charge in [0.25, 0.3) is 0 Å². The Hall–Kier alpha value is -1.80. The molecule has 3 atom stereocenters. The molecule has 2 aromatic rings. The lowest BCUT2D eigenvalue weighted by Crippen LogP contribution is -2.46. The summed E-state index contributed by atoms with van der Waals surface area (Å²) in [6, 6.07) is 21.6. The number of benzene rings is 2. The highest BCUT2D eigenvalue weighted by molar-refractivity contribution is 5.22. The lowest BCUT2D eigenvalue weighted by Gasteiger charge is -2.34. The first-order valence-electron chi connectivity index (χ1n) is 8.35. The Labute approximate surface area is 133 Å². The van der Waals surface area contributed by atoms with Crippen LogP contribution >= 0.6 is 0 Å². The summed E-state index contributed by atoms with van der Waals surface area (Å²) in [6.45, 7) is 2.24. The molecule has 1 N–H and O–H groups in total. The van der Waals surface area contributed by atoms with Gasteiger partial charge >= 0.3 is 0 Å². The highest BCUT2D eigenvalue weighted by Crippen LogP contribution is 2.26. The van der Waals surface area contributed by atoms with Gasteiger partial charge in [0.05, 0.1) is 0 Å². The van der Waals surface area contributed by atoms with Crippen molar-refractivity contribution in [3.63, 3.8) is 0 Å². The molecular weight excluding hydrogens is 270 g/mol. The van der Waals surface area contributed by atoms with Gasteiger partial charge in [-0.05, 0) is 43.9 Å². The standard InChI is InChI=1S/C20H25NO/c1-16(17-10-4-2-5-11-17)21-19-14-8-9-15-20(19)22-18-12-6-3-7-13-18/h2-7,10-13,16,19-21H,8-9,14-15H2,1H3/t16-,19-,20+/m1/s1. The molecule has 1 aliphatic rings. The van der Waals surface area contributed by atoms with E-state index in [0.717, 1.165) is 12.2 Å². The summed E-state index contributed by atoms with van der Waals surface area (Å²) in [5.74, 6) is 0.980. The second-order valence-corrected chi connectivity index (χ2v) is 6.16. The molecule has 0 bridgehead atoms. The predicted octanol–water partition coefficient (Wildman–Crippen LogP) is 4.73. The Balaban J connectivity index is 1.65. The van der Waals surface area contributed by atoms with Gasteiger partial charge in [-0.25, -0.2) is 0 Å². The van der Waals surface area contributed by atoms with Crippen LogP contribution in [0.4, 0.5) is 0 Å². The molecule has 0 amide bonds. The summed E-state index contributed by atoms with van der Waals surface area (Å²) < 4.78 is 6.24. The van der Waals surface area contributed by atoms with Gasteiger partial charge in [0.1, 0.15) is 11.9 Å². The van der Waals surface area contributed by atoms with Crippen molar-refractivity contribution in [2.45, 2.75) is 50.8 Å². The topological polar surface area (TPSA) is 21.3 Å². The smallest absolute Gasteiger partial charge is 0.119 e. The zero-order chi connectivity index (χ0) is 15.2. The fourth-order valence-electron chi connectivity index (χ4n) is 3.26. The average molecular weight is 295 g/mol. The molecule has 0 heterocycles. The van der Waals surface area contributed by atoms with Crippen LogP contribution in [0.5, 0.6) is 5.75 Å². The Morgan fingerprint density at radius 3 is 2.27 bits per heavy atom. The summed E-state index contributed by atoms with van der Waals surface area (Å²) in [5.41, 5.74) is 1.34. The van der Waals surface area contributed by atoms with E-state index in [4.69, 9.17) is 4.74 Å². The average Bonchev–Trinajstić information content (AvgIpc) is 2.58. The van der Waals surface area contributed by atoms with Crippen LogP contribution in [0, 0.1) is 0 Å². The highest BCUT2D eigenvalue weighted by atomic mass is 16.5. The Kier molecular flexibility index (Phi) is 5.12. The first-order valence-corrected chi connectivity index (χ1v) is 8.35. The number of hydrogen-bond acceptors (Lipinski definition) is 2. The molecule has 2 aromatic carbocycles. The van der Waals surface area contributed by atoms with E-state index in [1.807, 2.05) is 30.3 Å². The van der Waals surface area contributed by atoms with Crippen LogP contribution < -0.4 is 10.1 Å². The van der Waals surface area contributed by atoms with Gasteiger partial charge in [-0.3, -0.25) is 0 Å². The fraction of sp³-hybridized carbons (Fsp3) is 0.400. The van der Waals surface area contributed by atoms with Crippen LogP contribution in [0.15, 0.2) is 60.7 Å². The van der Waals surface area contributed by atoms with Crippen molar-refractivity contribution in [3.8, 4) is 5.75 Å². The van der Waals surface area contributed by atoms with Crippen LogP contribution in [-0.4, -0.2) is 12.1 Å². The van der Waals surface area contributed by atoms with E-state index < -0.39 is 0 Å². The molecular formula is C20H25NO. The third-order valence-electron chi connectivity index (χ3n) is 4.50. The SMILES string of the molecule is C[C@@H](N[C@@H]1CCCC[C@@H]1Oc1ccccc1)c1ccccc1. The van der Waals surface area contributed by atoms with Gasteiger partial charge in [-0.1, -0.05) is 55.0 Å². The van der Waals surface area contributed by atoms with Gasteiger partial charge in [-0.2, -0.15) is 0 Å². The molecule has 0 aliphatic heterocycles. The van der Waals surface area contributed by atoms with Crippen LogP contribution in [0.25, 0.3) is 0 Å². The maximum Gasteiger partial charge on any atom is 0.119 e. The zero-order valence-electron chi connectivity index (χ0n) is 13.2. The molecule has 116 valence electrons. The molecule has 1 aliphatic carbocycles. The van der Waals surface area contributed by atoms with Crippen molar-refractivity contribution in [1.82, 2.24) is 5.32 Å². The molecule has 0 spiro atoms. The number of rotatable bonds is 5. The Morgan fingerprint density at radius 2 is 1.55 bits per heavy atom. The third-order valence-corrected chi connectivity index (χ3v) is 4.50. The summed E-state index contributed by atoms with van der Waals surface area (Å²) in [5, 5.41) is 3.78. The first kappa shape index (κ1) is 15.1. The number of hydrogen-bond donors (Lipinski definition) is 1. The molecule has 1 saturated carbocycles. The normalized spacial score (nSPS) is 23.0. The Morgan fingerprint density at radius 1 is 0.909 bits per heavy atom. The molecule has 22 heavy (non-hydrogen) atoms. The van der Waals surface area contributed by atoms with Gasteiger partial charge < -0.3 is 10.1 Å². The molecule has 0 saturated heterocycles. The zero-order valence-corrected chi connectivity index (χ0v) is 13.2. The highest BCUT2D eigenvalue weighted by Gasteiger charge is 2.28. The molecule has 0 aromatic heterocycles. The summed E-state index contributed by atoms with van der Waals surface area (Å²) >= 11 is 0. The molecule has 2 heteroatoms. The van der Waals surface area contributed by atoms with Gasteiger partial charge in [0, 0.05) is 12.1 Å². The molecule has 1 fully saturated rings. The van der Waals surface area contributed by atoms with Gasteiger partial charge in [0.15, 0.2) is 0 Å². The molecule has 2 nitrogen and oxygen atoms in total. The second-order valence-electron chi connectivity index (χ2n) is 6.16. The van der Waals surface area contributed by atoms with E-state index in [1.54, 1.807) is 0 Å². The minimum atomic E-state index is 0.266. The predicted molar refractivity (Wildman–Crippen MR) is 91.1 cm³/mol. The monoisotopic (exact) mass is 295 g/mol. The second kappa shape index (κ2) is 7.46. The minimum Gasteiger partial charge on any atom is -0.489 e. The minimum absolute atomic E-state index is 0.266. The van der Waals surface area contributed by atoms with Crippen molar-refractivity contribution < 1.29 is 4.74 Å². The van der Waals surface area contributed by atoms with Crippen LogP contribution in [0.2, 0.25) is 0 Å². The largest absolute Gasteiger partial charge is 0.489 e. The van der Waals surface area contributed by atoms with Crippen LogP contribution in [0.1, 0.15) is 44.2 Å².